The molecule has 2 heterocycles. The van der Waals surface area contributed by atoms with E-state index in [1.807, 2.05) is 14.1 Å². The Kier molecular flexibility index (Phi) is 3.14. The molecule has 0 aliphatic rings. The van der Waals surface area contributed by atoms with E-state index in [2.05, 4.69) is 4.98 Å². The van der Waals surface area contributed by atoms with Crippen molar-refractivity contribution < 1.29 is 9.18 Å². The predicted octanol–water partition coefficient (Wildman–Crippen LogP) is 2.04. The number of imidazole rings is 1. The molecule has 0 spiro atoms. The van der Waals surface area contributed by atoms with E-state index in [1.54, 1.807) is 24.1 Å². The highest BCUT2D eigenvalue weighted by Crippen LogP contribution is 2.14. The summed E-state index contributed by atoms with van der Waals surface area (Å²) >= 11 is 0. The van der Waals surface area contributed by atoms with Crippen LogP contribution in [0.3, 0.4) is 0 Å². The predicted molar refractivity (Wildman–Crippen MR) is 67.0 cm³/mol. The average molecular weight is 247 g/mol. The van der Waals surface area contributed by atoms with E-state index in [4.69, 9.17) is 0 Å². The first-order valence-corrected chi connectivity index (χ1v) is 5.52. The van der Waals surface area contributed by atoms with Gasteiger partial charge in [0.1, 0.15) is 17.2 Å². The Morgan fingerprint density at radius 1 is 1.44 bits per heavy atom. The number of rotatable bonds is 3. The van der Waals surface area contributed by atoms with Crippen LogP contribution >= 0.6 is 0 Å². The molecule has 2 aromatic heterocycles. The maximum Gasteiger partial charge on any atom is 0.205 e. The number of hydrogen-bond acceptors (Lipinski definition) is 3. The van der Waals surface area contributed by atoms with Gasteiger partial charge in [0.2, 0.25) is 5.78 Å². The number of aromatic nitrogens is 2. The quantitative estimate of drug-likeness (QED) is 0.615. The first kappa shape index (κ1) is 12.3. The Morgan fingerprint density at radius 3 is 2.83 bits per heavy atom. The first-order chi connectivity index (χ1) is 8.50. The van der Waals surface area contributed by atoms with Gasteiger partial charge in [-0.25, -0.2) is 9.37 Å². The summed E-state index contributed by atoms with van der Waals surface area (Å²) in [5, 5.41) is 0. The van der Waals surface area contributed by atoms with Crippen LogP contribution < -0.4 is 0 Å². The summed E-state index contributed by atoms with van der Waals surface area (Å²) in [7, 11) is 3.65. The van der Waals surface area contributed by atoms with Crippen molar-refractivity contribution in [3.05, 3.63) is 47.8 Å². The van der Waals surface area contributed by atoms with Crippen molar-refractivity contribution in [2.24, 2.45) is 0 Å². The summed E-state index contributed by atoms with van der Waals surface area (Å²) < 4.78 is 15.0. The van der Waals surface area contributed by atoms with Gasteiger partial charge in [0, 0.05) is 26.4 Å². The fraction of sp³-hybridized carbons (Fsp3) is 0.231. The first-order valence-electron chi connectivity index (χ1n) is 5.52. The summed E-state index contributed by atoms with van der Waals surface area (Å²) in [5.74, 6) is -0.559. The van der Waals surface area contributed by atoms with E-state index < -0.39 is 0 Å². The van der Waals surface area contributed by atoms with Crippen LogP contribution in [0.1, 0.15) is 16.2 Å². The number of allylic oxidation sites excluding steroid dienone is 1. The molecule has 0 aromatic carbocycles. The van der Waals surface area contributed by atoms with Crippen LogP contribution in [0.4, 0.5) is 4.39 Å². The normalized spacial score (nSPS) is 11.3. The summed E-state index contributed by atoms with van der Waals surface area (Å²) in [4.78, 5) is 17.8. The van der Waals surface area contributed by atoms with Crippen LogP contribution in [0, 0.1) is 12.7 Å². The lowest BCUT2D eigenvalue weighted by molar-refractivity contribution is 0.104. The van der Waals surface area contributed by atoms with Gasteiger partial charge in [-0.1, -0.05) is 0 Å². The Morgan fingerprint density at radius 2 is 2.17 bits per heavy atom. The zero-order valence-corrected chi connectivity index (χ0v) is 10.5. The van der Waals surface area contributed by atoms with Crippen molar-refractivity contribution in [2.45, 2.75) is 6.92 Å². The molecule has 0 aliphatic heterocycles. The molecule has 0 radical (unpaired) electrons. The minimum atomic E-state index is -0.355. The minimum Gasteiger partial charge on any atom is -0.383 e. The third-order valence-electron chi connectivity index (χ3n) is 2.63. The largest absolute Gasteiger partial charge is 0.383 e. The number of nitrogens with zero attached hydrogens (tertiary/aromatic N) is 3. The standard InChI is InChI=1S/C13H14FN3O/c1-9-10(14)4-5-13-15-8-11(17(9)13)12(18)6-7-16(2)3/h4-8H,1-3H3. The van der Waals surface area contributed by atoms with E-state index in [0.29, 0.717) is 17.0 Å². The SMILES string of the molecule is Cc1c(F)ccc2ncc(C(=O)C=CN(C)C)n12. The van der Waals surface area contributed by atoms with E-state index in [9.17, 15) is 9.18 Å². The Labute approximate surface area is 104 Å². The molecule has 2 rings (SSSR count). The zero-order valence-electron chi connectivity index (χ0n) is 10.5. The highest BCUT2D eigenvalue weighted by atomic mass is 19.1. The van der Waals surface area contributed by atoms with E-state index in [0.717, 1.165) is 0 Å². The van der Waals surface area contributed by atoms with Gasteiger partial charge in [-0.05, 0) is 19.1 Å². The number of carbonyl (C=O) groups is 1. The second-order valence-corrected chi connectivity index (χ2v) is 4.25. The minimum absolute atomic E-state index is 0.204. The van der Waals surface area contributed by atoms with Crippen LogP contribution in [0.15, 0.2) is 30.6 Å². The fourth-order valence-corrected chi connectivity index (χ4v) is 1.69. The molecular weight excluding hydrogens is 233 g/mol. The molecule has 0 fully saturated rings. The molecule has 0 bridgehead atoms. The molecule has 0 atom stereocenters. The molecule has 18 heavy (non-hydrogen) atoms. The molecule has 0 N–H and O–H groups in total. The van der Waals surface area contributed by atoms with Crippen molar-refractivity contribution in [2.75, 3.05) is 14.1 Å². The van der Waals surface area contributed by atoms with E-state index in [1.165, 1.54) is 22.7 Å². The van der Waals surface area contributed by atoms with Gasteiger partial charge in [0.15, 0.2) is 0 Å². The third kappa shape index (κ3) is 2.11. The lowest BCUT2D eigenvalue weighted by Crippen LogP contribution is -2.07. The summed E-state index contributed by atoms with van der Waals surface area (Å²) in [5.41, 5.74) is 1.31. The Balaban J connectivity index is 2.52. The second kappa shape index (κ2) is 4.60. The molecule has 0 amide bonds. The van der Waals surface area contributed by atoms with Gasteiger partial charge in [-0.15, -0.1) is 0 Å². The Bertz CT molecular complexity index is 628. The van der Waals surface area contributed by atoms with Crippen molar-refractivity contribution in [3.8, 4) is 0 Å². The molecule has 0 aliphatic carbocycles. The van der Waals surface area contributed by atoms with Gasteiger partial charge >= 0.3 is 0 Å². The van der Waals surface area contributed by atoms with Crippen LogP contribution in [0.5, 0.6) is 0 Å². The van der Waals surface area contributed by atoms with Crippen molar-refractivity contribution >= 4 is 11.4 Å². The summed E-state index contributed by atoms with van der Waals surface area (Å²) in [6.07, 6.45) is 4.55. The number of hydrogen-bond donors (Lipinski definition) is 0. The lowest BCUT2D eigenvalue weighted by Gasteiger charge is -2.05. The van der Waals surface area contributed by atoms with Gasteiger partial charge in [-0.2, -0.15) is 0 Å². The molecule has 4 nitrogen and oxygen atoms in total. The summed E-state index contributed by atoms with van der Waals surface area (Å²) in [6.45, 7) is 1.62. The molecule has 5 heteroatoms. The Hall–Kier alpha value is -2.17. The molecule has 94 valence electrons. The molecule has 0 saturated heterocycles. The molecule has 0 saturated carbocycles. The molecular formula is C13H14FN3O. The van der Waals surface area contributed by atoms with Crippen molar-refractivity contribution in [1.29, 1.82) is 0 Å². The van der Waals surface area contributed by atoms with Crippen LogP contribution in [-0.4, -0.2) is 34.2 Å². The molecule has 0 unspecified atom stereocenters. The van der Waals surface area contributed by atoms with Crippen LogP contribution in [0.2, 0.25) is 0 Å². The lowest BCUT2D eigenvalue weighted by atomic mass is 10.2. The topological polar surface area (TPSA) is 37.6 Å². The van der Waals surface area contributed by atoms with Gasteiger partial charge < -0.3 is 4.90 Å². The monoisotopic (exact) mass is 247 g/mol. The zero-order chi connectivity index (χ0) is 13.3. The van der Waals surface area contributed by atoms with Gasteiger partial charge in [-0.3, -0.25) is 9.20 Å². The van der Waals surface area contributed by atoms with Gasteiger partial charge in [0.25, 0.3) is 0 Å². The number of fused-ring (bicyclic) bond motifs is 1. The maximum atomic E-state index is 13.5. The highest BCUT2D eigenvalue weighted by Gasteiger charge is 2.13. The van der Waals surface area contributed by atoms with Crippen LogP contribution in [-0.2, 0) is 0 Å². The van der Waals surface area contributed by atoms with E-state index in [-0.39, 0.29) is 11.6 Å². The van der Waals surface area contributed by atoms with Crippen molar-refractivity contribution in [3.63, 3.8) is 0 Å². The average Bonchev–Trinajstić information content (AvgIpc) is 2.75. The second-order valence-electron chi connectivity index (χ2n) is 4.25. The summed E-state index contributed by atoms with van der Waals surface area (Å²) in [6, 6.07) is 2.90. The number of halogens is 1. The highest BCUT2D eigenvalue weighted by molar-refractivity contribution is 6.03. The number of carbonyl (C=O) groups excluding carboxylic acids is 1. The van der Waals surface area contributed by atoms with Crippen molar-refractivity contribution in [1.82, 2.24) is 14.3 Å². The third-order valence-corrected chi connectivity index (χ3v) is 2.63. The number of pyridine rings is 1. The van der Waals surface area contributed by atoms with E-state index >= 15 is 0 Å². The number of aryl methyl sites for hydroxylation is 1. The van der Waals surface area contributed by atoms with Crippen LogP contribution in [0.25, 0.3) is 5.65 Å². The fourth-order valence-electron chi connectivity index (χ4n) is 1.69. The maximum absolute atomic E-state index is 13.5. The smallest absolute Gasteiger partial charge is 0.205 e. The molecule has 2 aromatic rings. The van der Waals surface area contributed by atoms with Gasteiger partial charge in [0.05, 0.1) is 11.9 Å². The number of ketones is 1.